The molecule has 26 heavy (non-hydrogen) atoms. The quantitative estimate of drug-likeness (QED) is 0.737. The number of hydrogen-bond acceptors (Lipinski definition) is 2. The van der Waals surface area contributed by atoms with Crippen LogP contribution in [0.25, 0.3) is 0 Å². The van der Waals surface area contributed by atoms with Gasteiger partial charge in [-0.2, -0.15) is 30.7 Å². The van der Waals surface area contributed by atoms with Gasteiger partial charge in [0.05, 0.1) is 0 Å². The molecule has 1 saturated heterocycles. The van der Waals surface area contributed by atoms with Gasteiger partial charge >= 0.3 is 18.0 Å². The van der Waals surface area contributed by atoms with Crippen LogP contribution >= 0.6 is 0 Å². The van der Waals surface area contributed by atoms with Gasteiger partial charge in [-0.05, 0) is 17.7 Å². The lowest BCUT2D eigenvalue weighted by molar-refractivity contribution is -0.346. The molecule has 1 aromatic rings. The second kappa shape index (κ2) is 7.01. The molecule has 11 heteroatoms. The molecule has 0 aromatic heterocycles. The Morgan fingerprint density at radius 2 is 1.38 bits per heavy atom. The molecular weight excluding hydrogens is 376 g/mol. The van der Waals surface area contributed by atoms with E-state index in [-0.39, 0.29) is 19.6 Å². The first kappa shape index (κ1) is 20.4. The molecule has 1 amide bonds. The van der Waals surface area contributed by atoms with E-state index < -0.39 is 42.8 Å². The summed E-state index contributed by atoms with van der Waals surface area (Å²) in [4.78, 5) is 13.5. The van der Waals surface area contributed by atoms with Crippen molar-refractivity contribution in [2.45, 2.75) is 24.6 Å². The van der Waals surface area contributed by atoms with E-state index in [0.29, 0.717) is 10.5 Å². The first-order valence-electron chi connectivity index (χ1n) is 7.45. The van der Waals surface area contributed by atoms with Gasteiger partial charge in [0.15, 0.2) is 0 Å². The van der Waals surface area contributed by atoms with Crippen LogP contribution < -0.4 is 0 Å². The Balaban J connectivity index is 1.98. The predicted octanol–water partition coefficient (Wildman–Crippen LogP) is 3.30. The molecule has 0 atom stereocenters. The van der Waals surface area contributed by atoms with Gasteiger partial charge in [-0.3, -0.25) is 9.69 Å². The van der Waals surface area contributed by atoms with Gasteiger partial charge in [0.1, 0.15) is 5.82 Å². The fourth-order valence-corrected chi connectivity index (χ4v) is 2.47. The molecule has 1 heterocycles. The molecule has 0 N–H and O–H groups in total. The lowest BCUT2D eigenvalue weighted by atomic mass is 10.1. The number of amides is 1. The van der Waals surface area contributed by atoms with Gasteiger partial charge in [-0.1, -0.05) is 12.1 Å². The largest absolute Gasteiger partial charge is 0.460 e. The summed E-state index contributed by atoms with van der Waals surface area (Å²) in [5, 5.41) is 0. The van der Waals surface area contributed by atoms with Gasteiger partial charge in [-0.15, -0.1) is 0 Å². The maximum atomic E-state index is 13.4. The van der Waals surface area contributed by atoms with Crippen LogP contribution in [0.4, 0.5) is 35.1 Å². The zero-order valence-corrected chi connectivity index (χ0v) is 13.2. The second-order valence-corrected chi connectivity index (χ2v) is 5.84. The standard InChI is InChI=1S/C15H14F8N2O/c16-11-3-1-10(2-4-11)9-24-5-7-25(8-6-24)12(26)13(17,18)14(19,20)15(21,22)23/h1-4H,5-9H2. The number of carbonyl (C=O) groups is 1. The molecule has 0 unspecified atom stereocenters. The Kier molecular flexibility index (Phi) is 5.50. The van der Waals surface area contributed by atoms with Crippen LogP contribution in [0.15, 0.2) is 24.3 Å². The number of piperazine rings is 1. The van der Waals surface area contributed by atoms with E-state index in [4.69, 9.17) is 0 Å². The fourth-order valence-electron chi connectivity index (χ4n) is 2.47. The predicted molar refractivity (Wildman–Crippen MR) is 74.2 cm³/mol. The number of hydrogen-bond donors (Lipinski definition) is 0. The molecular formula is C15H14F8N2O. The summed E-state index contributed by atoms with van der Waals surface area (Å²) in [5.74, 6) is -15.3. The van der Waals surface area contributed by atoms with E-state index >= 15 is 0 Å². The minimum Gasteiger partial charge on any atom is -0.335 e. The van der Waals surface area contributed by atoms with Crippen molar-refractivity contribution in [2.75, 3.05) is 26.2 Å². The van der Waals surface area contributed by atoms with Gasteiger partial charge in [0.25, 0.3) is 5.91 Å². The van der Waals surface area contributed by atoms with Crippen molar-refractivity contribution in [1.29, 1.82) is 0 Å². The first-order valence-corrected chi connectivity index (χ1v) is 7.45. The molecule has 1 fully saturated rings. The lowest BCUT2D eigenvalue weighted by Gasteiger charge is -2.37. The van der Waals surface area contributed by atoms with Gasteiger partial charge < -0.3 is 4.90 Å². The Morgan fingerprint density at radius 3 is 1.85 bits per heavy atom. The summed E-state index contributed by atoms with van der Waals surface area (Å²) in [6, 6.07) is 5.42. The van der Waals surface area contributed by atoms with E-state index in [2.05, 4.69) is 0 Å². The van der Waals surface area contributed by atoms with E-state index in [1.807, 2.05) is 0 Å². The Labute approximate surface area is 143 Å². The lowest BCUT2D eigenvalue weighted by Crippen LogP contribution is -2.62. The number of benzene rings is 1. The zero-order chi connectivity index (χ0) is 19.8. The van der Waals surface area contributed by atoms with Crippen molar-refractivity contribution in [2.24, 2.45) is 0 Å². The summed E-state index contributed by atoms with van der Waals surface area (Å²) in [6.07, 6.45) is -6.55. The number of halogens is 8. The highest BCUT2D eigenvalue weighted by Crippen LogP contribution is 2.47. The molecule has 0 saturated carbocycles. The highest BCUT2D eigenvalue weighted by Gasteiger charge is 2.76. The third-order valence-corrected chi connectivity index (χ3v) is 4.00. The maximum Gasteiger partial charge on any atom is 0.460 e. The monoisotopic (exact) mass is 390 g/mol. The number of rotatable bonds is 4. The molecule has 1 aliphatic heterocycles. The number of alkyl halides is 7. The fraction of sp³-hybridized carbons (Fsp3) is 0.533. The SMILES string of the molecule is O=C(N1CCN(Cc2ccc(F)cc2)CC1)C(F)(F)C(F)(F)C(F)(F)F. The third-order valence-electron chi connectivity index (χ3n) is 4.00. The summed E-state index contributed by atoms with van der Waals surface area (Å²) in [5.41, 5.74) is 0.695. The Bertz CT molecular complexity index is 636. The van der Waals surface area contributed by atoms with Gasteiger partial charge in [0.2, 0.25) is 0 Å². The van der Waals surface area contributed by atoms with Crippen LogP contribution in [-0.4, -0.2) is 59.9 Å². The van der Waals surface area contributed by atoms with E-state index in [9.17, 15) is 39.9 Å². The van der Waals surface area contributed by atoms with Crippen LogP contribution in [0.3, 0.4) is 0 Å². The van der Waals surface area contributed by atoms with Gasteiger partial charge in [0, 0.05) is 32.7 Å². The van der Waals surface area contributed by atoms with E-state index in [1.54, 1.807) is 4.90 Å². The summed E-state index contributed by atoms with van der Waals surface area (Å²) >= 11 is 0. The summed E-state index contributed by atoms with van der Waals surface area (Å²) in [7, 11) is 0. The van der Waals surface area contributed by atoms with Crippen LogP contribution in [-0.2, 0) is 11.3 Å². The second-order valence-electron chi connectivity index (χ2n) is 5.84. The molecule has 146 valence electrons. The summed E-state index contributed by atoms with van der Waals surface area (Å²) in [6.45, 7) is -0.571. The maximum absolute atomic E-state index is 13.4. The average molecular weight is 390 g/mol. The molecule has 2 rings (SSSR count). The number of carbonyl (C=O) groups excluding carboxylic acids is 1. The van der Waals surface area contributed by atoms with E-state index in [0.717, 1.165) is 0 Å². The van der Waals surface area contributed by atoms with Crippen LogP contribution in [0.2, 0.25) is 0 Å². The van der Waals surface area contributed by atoms with Crippen molar-refractivity contribution < 1.29 is 39.9 Å². The van der Waals surface area contributed by atoms with Crippen LogP contribution in [0.1, 0.15) is 5.56 Å². The first-order chi connectivity index (χ1) is 11.9. The Hall–Kier alpha value is -1.91. The highest BCUT2D eigenvalue weighted by molar-refractivity contribution is 5.85. The minimum atomic E-state index is -6.55. The Morgan fingerprint density at radius 1 is 0.885 bits per heavy atom. The number of nitrogens with zero attached hydrogens (tertiary/aromatic N) is 2. The average Bonchev–Trinajstić information content (AvgIpc) is 2.56. The van der Waals surface area contributed by atoms with Crippen molar-refractivity contribution in [1.82, 2.24) is 9.80 Å². The van der Waals surface area contributed by atoms with Crippen molar-refractivity contribution in [3.05, 3.63) is 35.6 Å². The van der Waals surface area contributed by atoms with Crippen LogP contribution in [0.5, 0.6) is 0 Å². The highest BCUT2D eigenvalue weighted by atomic mass is 19.4. The molecule has 1 aliphatic rings. The molecule has 1 aromatic carbocycles. The molecule has 0 aliphatic carbocycles. The van der Waals surface area contributed by atoms with Crippen LogP contribution in [0, 0.1) is 5.82 Å². The summed E-state index contributed by atoms with van der Waals surface area (Å²) < 4.78 is 102. The normalized spacial score (nSPS) is 17.5. The molecule has 0 spiro atoms. The third kappa shape index (κ3) is 3.92. The minimum absolute atomic E-state index is 0.00319. The van der Waals surface area contributed by atoms with Gasteiger partial charge in [-0.25, -0.2) is 4.39 Å². The van der Waals surface area contributed by atoms with E-state index in [1.165, 1.54) is 24.3 Å². The smallest absolute Gasteiger partial charge is 0.335 e. The zero-order valence-electron chi connectivity index (χ0n) is 13.2. The van der Waals surface area contributed by atoms with Crippen molar-refractivity contribution >= 4 is 5.91 Å². The van der Waals surface area contributed by atoms with Crippen molar-refractivity contribution in [3.8, 4) is 0 Å². The molecule has 0 bridgehead atoms. The van der Waals surface area contributed by atoms with Crippen molar-refractivity contribution in [3.63, 3.8) is 0 Å². The molecule has 3 nitrogen and oxygen atoms in total. The molecule has 0 radical (unpaired) electrons. The topological polar surface area (TPSA) is 23.6 Å².